The standard InChI is InChI=1S/C14H20ClNO3S/c1-3-8-16(12-5-6-12)20(17,18)14-9-11(10-15)4-7-13(14)19-2/h4,7,9,12H,3,5-6,8,10H2,1-2H3. The van der Waals surface area contributed by atoms with Crippen LogP contribution < -0.4 is 4.74 Å². The van der Waals surface area contributed by atoms with Gasteiger partial charge in [-0.25, -0.2) is 8.42 Å². The number of ether oxygens (including phenoxy) is 1. The Morgan fingerprint density at radius 2 is 2.10 bits per heavy atom. The summed E-state index contributed by atoms with van der Waals surface area (Å²) in [6, 6.07) is 5.21. The highest BCUT2D eigenvalue weighted by Gasteiger charge is 2.38. The molecule has 0 aliphatic heterocycles. The average Bonchev–Trinajstić information content (AvgIpc) is 3.28. The maximum Gasteiger partial charge on any atom is 0.247 e. The number of alkyl halides is 1. The third-order valence-electron chi connectivity index (χ3n) is 3.37. The molecular weight excluding hydrogens is 298 g/mol. The molecule has 0 unspecified atom stereocenters. The van der Waals surface area contributed by atoms with Crippen LogP contribution in [0.15, 0.2) is 23.1 Å². The molecule has 0 atom stereocenters. The van der Waals surface area contributed by atoms with E-state index in [-0.39, 0.29) is 16.8 Å². The van der Waals surface area contributed by atoms with Gasteiger partial charge in [-0.2, -0.15) is 4.31 Å². The number of sulfonamides is 1. The lowest BCUT2D eigenvalue weighted by molar-refractivity contribution is 0.384. The van der Waals surface area contributed by atoms with E-state index in [1.165, 1.54) is 7.11 Å². The van der Waals surface area contributed by atoms with Crippen molar-refractivity contribution in [2.24, 2.45) is 0 Å². The second kappa shape index (κ2) is 6.33. The highest BCUT2D eigenvalue weighted by Crippen LogP contribution is 2.35. The molecule has 0 radical (unpaired) electrons. The van der Waals surface area contributed by atoms with E-state index >= 15 is 0 Å². The molecule has 1 aliphatic carbocycles. The maximum atomic E-state index is 12.9. The molecule has 0 bridgehead atoms. The third kappa shape index (κ3) is 3.10. The van der Waals surface area contributed by atoms with Gasteiger partial charge in [-0.1, -0.05) is 13.0 Å². The zero-order chi connectivity index (χ0) is 14.8. The van der Waals surface area contributed by atoms with Gasteiger partial charge in [-0.3, -0.25) is 0 Å². The molecule has 4 nitrogen and oxygen atoms in total. The molecule has 0 saturated heterocycles. The van der Waals surface area contributed by atoms with Crippen molar-refractivity contribution in [1.82, 2.24) is 4.31 Å². The van der Waals surface area contributed by atoms with Crippen molar-refractivity contribution in [2.75, 3.05) is 13.7 Å². The second-order valence-corrected chi connectivity index (χ2v) is 7.09. The summed E-state index contributed by atoms with van der Waals surface area (Å²) in [5.74, 6) is 0.657. The number of benzene rings is 1. The molecule has 20 heavy (non-hydrogen) atoms. The minimum Gasteiger partial charge on any atom is -0.495 e. The topological polar surface area (TPSA) is 46.6 Å². The predicted molar refractivity (Wildman–Crippen MR) is 79.8 cm³/mol. The summed E-state index contributed by atoms with van der Waals surface area (Å²) >= 11 is 5.81. The lowest BCUT2D eigenvalue weighted by atomic mass is 10.2. The lowest BCUT2D eigenvalue weighted by Crippen LogP contribution is -2.34. The molecule has 0 amide bonds. The zero-order valence-electron chi connectivity index (χ0n) is 11.8. The zero-order valence-corrected chi connectivity index (χ0v) is 13.4. The van der Waals surface area contributed by atoms with Gasteiger partial charge in [-0.05, 0) is 37.0 Å². The first-order valence-corrected chi connectivity index (χ1v) is 8.76. The Morgan fingerprint density at radius 3 is 2.60 bits per heavy atom. The molecule has 0 aromatic heterocycles. The van der Waals surface area contributed by atoms with Gasteiger partial charge in [0.05, 0.1) is 7.11 Å². The van der Waals surface area contributed by atoms with Crippen LogP contribution in [0, 0.1) is 0 Å². The van der Waals surface area contributed by atoms with Crippen LogP contribution in [0.4, 0.5) is 0 Å². The fourth-order valence-electron chi connectivity index (χ4n) is 2.21. The quantitative estimate of drug-likeness (QED) is 0.726. The molecule has 1 aromatic rings. The monoisotopic (exact) mass is 317 g/mol. The van der Waals surface area contributed by atoms with Crippen molar-refractivity contribution in [3.8, 4) is 5.75 Å². The normalized spacial score (nSPS) is 15.6. The van der Waals surface area contributed by atoms with E-state index in [1.54, 1.807) is 22.5 Å². The first-order chi connectivity index (χ1) is 9.54. The Kier molecular flexibility index (Phi) is 4.94. The summed E-state index contributed by atoms with van der Waals surface area (Å²) in [6.45, 7) is 2.53. The molecular formula is C14H20ClNO3S. The van der Waals surface area contributed by atoms with Crippen LogP contribution in [0.3, 0.4) is 0 Å². The van der Waals surface area contributed by atoms with E-state index in [9.17, 15) is 8.42 Å². The van der Waals surface area contributed by atoms with Gasteiger partial charge in [-0.15, -0.1) is 11.6 Å². The largest absolute Gasteiger partial charge is 0.495 e. The maximum absolute atomic E-state index is 12.9. The summed E-state index contributed by atoms with van der Waals surface area (Å²) < 4.78 is 32.5. The van der Waals surface area contributed by atoms with Gasteiger partial charge in [0.2, 0.25) is 10.0 Å². The Hall–Kier alpha value is -0.780. The lowest BCUT2D eigenvalue weighted by Gasteiger charge is -2.22. The van der Waals surface area contributed by atoms with Gasteiger partial charge in [0.1, 0.15) is 10.6 Å². The van der Waals surface area contributed by atoms with Gasteiger partial charge in [0.25, 0.3) is 0 Å². The van der Waals surface area contributed by atoms with Crippen LogP contribution >= 0.6 is 11.6 Å². The highest BCUT2D eigenvalue weighted by atomic mass is 35.5. The minimum absolute atomic E-state index is 0.143. The van der Waals surface area contributed by atoms with Crippen LogP contribution in [0.25, 0.3) is 0 Å². The van der Waals surface area contributed by atoms with Crippen molar-refractivity contribution in [3.05, 3.63) is 23.8 Å². The Morgan fingerprint density at radius 1 is 1.40 bits per heavy atom. The van der Waals surface area contributed by atoms with E-state index in [0.29, 0.717) is 12.3 Å². The average molecular weight is 318 g/mol. The van der Waals surface area contributed by atoms with Gasteiger partial charge >= 0.3 is 0 Å². The third-order valence-corrected chi connectivity index (χ3v) is 5.65. The van der Waals surface area contributed by atoms with Gasteiger partial charge < -0.3 is 4.74 Å². The van der Waals surface area contributed by atoms with Crippen LogP contribution in [0.1, 0.15) is 31.7 Å². The molecule has 1 saturated carbocycles. The highest BCUT2D eigenvalue weighted by molar-refractivity contribution is 7.89. The molecule has 1 aromatic carbocycles. The fourth-order valence-corrected chi connectivity index (χ4v) is 4.37. The van der Waals surface area contributed by atoms with Crippen LogP contribution in [-0.2, 0) is 15.9 Å². The van der Waals surface area contributed by atoms with E-state index in [4.69, 9.17) is 16.3 Å². The molecule has 0 N–H and O–H groups in total. The number of nitrogens with zero attached hydrogens (tertiary/aromatic N) is 1. The summed E-state index contributed by atoms with van der Waals surface area (Å²) in [5, 5.41) is 0. The van der Waals surface area contributed by atoms with Crippen molar-refractivity contribution in [2.45, 2.75) is 43.0 Å². The molecule has 1 aliphatic rings. The Bertz CT molecular complexity index is 570. The number of hydrogen-bond donors (Lipinski definition) is 0. The summed E-state index contributed by atoms with van der Waals surface area (Å²) in [7, 11) is -2.04. The fraction of sp³-hybridized carbons (Fsp3) is 0.571. The summed E-state index contributed by atoms with van der Waals surface area (Å²) in [4.78, 5) is 0.221. The summed E-state index contributed by atoms with van der Waals surface area (Å²) in [6.07, 6.45) is 2.68. The minimum atomic E-state index is -3.53. The van der Waals surface area contributed by atoms with Crippen LogP contribution in [0.2, 0.25) is 0 Å². The Labute approximate surface area is 125 Å². The number of rotatable bonds is 7. The van der Waals surface area contributed by atoms with Crippen molar-refractivity contribution in [3.63, 3.8) is 0 Å². The van der Waals surface area contributed by atoms with Crippen molar-refractivity contribution >= 4 is 21.6 Å². The molecule has 6 heteroatoms. The van der Waals surface area contributed by atoms with Gasteiger partial charge in [0, 0.05) is 18.5 Å². The smallest absolute Gasteiger partial charge is 0.247 e. The molecule has 112 valence electrons. The first-order valence-electron chi connectivity index (χ1n) is 6.79. The molecule has 0 spiro atoms. The Balaban J connectivity index is 2.45. The molecule has 0 heterocycles. The van der Waals surface area contributed by atoms with Crippen LogP contribution in [-0.4, -0.2) is 32.4 Å². The second-order valence-electron chi connectivity index (χ2n) is 4.97. The molecule has 2 rings (SSSR count). The number of halogens is 1. The van der Waals surface area contributed by atoms with Gasteiger partial charge in [0.15, 0.2) is 0 Å². The van der Waals surface area contributed by atoms with Crippen molar-refractivity contribution < 1.29 is 13.2 Å². The van der Waals surface area contributed by atoms with Crippen molar-refractivity contribution in [1.29, 1.82) is 0 Å². The predicted octanol–water partition coefficient (Wildman–Crippen LogP) is 3.00. The van der Waals surface area contributed by atoms with Crippen LogP contribution in [0.5, 0.6) is 5.75 Å². The number of hydrogen-bond acceptors (Lipinski definition) is 3. The van der Waals surface area contributed by atoms with E-state index in [1.807, 2.05) is 6.92 Å². The first kappa shape index (κ1) is 15.6. The van der Waals surface area contributed by atoms with E-state index < -0.39 is 10.0 Å². The van der Waals surface area contributed by atoms with E-state index in [2.05, 4.69) is 0 Å². The number of methoxy groups -OCH3 is 1. The summed E-state index contributed by atoms with van der Waals surface area (Å²) in [5.41, 5.74) is 0.776. The SMILES string of the molecule is CCCN(C1CC1)S(=O)(=O)c1cc(CCl)ccc1OC. The molecule has 1 fully saturated rings. The van der Waals surface area contributed by atoms with E-state index in [0.717, 1.165) is 24.8 Å².